The summed E-state index contributed by atoms with van der Waals surface area (Å²) in [6.45, 7) is 2.01. The molecule has 2 aliphatic heterocycles. The maximum Gasteiger partial charge on any atom is 0.357 e. The largest absolute Gasteiger partial charge is 0.373 e. The monoisotopic (exact) mass is 296 g/mol. The Morgan fingerprint density at radius 1 is 1.14 bits per heavy atom. The average molecular weight is 297 g/mol. The number of hydrogen-bond donors (Lipinski definition) is 2. The highest BCUT2D eigenvalue weighted by atomic mass is 35.5. The molecule has 0 unspecified atom stereocenters. The summed E-state index contributed by atoms with van der Waals surface area (Å²) in [4.78, 5) is 0. The van der Waals surface area contributed by atoms with Crippen molar-refractivity contribution in [2.45, 2.75) is 6.04 Å². The van der Waals surface area contributed by atoms with E-state index in [2.05, 4.69) is 33.5 Å². The second-order valence-electron chi connectivity index (χ2n) is 5.42. The third-order valence-corrected chi connectivity index (χ3v) is 4.13. The third kappa shape index (κ3) is 2.36. The van der Waals surface area contributed by atoms with Gasteiger partial charge < -0.3 is 10.6 Å². The second-order valence-corrected chi connectivity index (χ2v) is 5.85. The molecular weight excluding hydrogens is 282 g/mol. The molecule has 1 saturated heterocycles. The maximum absolute atomic E-state index is 6.11. The zero-order chi connectivity index (χ0) is 14.2. The summed E-state index contributed by atoms with van der Waals surface area (Å²) >= 11 is 6.11. The van der Waals surface area contributed by atoms with E-state index in [1.807, 2.05) is 30.5 Å². The molecule has 2 N–H and O–H groups in total. The lowest BCUT2D eigenvalue weighted by atomic mass is 10.0. The van der Waals surface area contributed by atoms with Crippen molar-refractivity contribution < 1.29 is 0 Å². The molecule has 1 fully saturated rings. The van der Waals surface area contributed by atoms with Gasteiger partial charge in [-0.3, -0.25) is 0 Å². The lowest BCUT2D eigenvalue weighted by Gasteiger charge is -2.28. The van der Waals surface area contributed by atoms with Crippen molar-refractivity contribution in [3.05, 3.63) is 52.0 Å². The Morgan fingerprint density at radius 3 is 2.81 bits per heavy atom. The molecule has 0 amide bonds. The summed E-state index contributed by atoms with van der Waals surface area (Å²) in [7, 11) is 0. The van der Waals surface area contributed by atoms with Crippen LogP contribution >= 0.6 is 11.6 Å². The molecule has 0 aliphatic carbocycles. The molecule has 2 aromatic carbocycles. The Labute approximate surface area is 127 Å². The first-order valence-electron chi connectivity index (χ1n) is 7.08. The van der Waals surface area contributed by atoms with Crippen LogP contribution in [0.1, 0.15) is 0 Å². The van der Waals surface area contributed by atoms with Crippen molar-refractivity contribution in [1.82, 2.24) is 9.98 Å². The summed E-state index contributed by atoms with van der Waals surface area (Å²) in [6.07, 6.45) is 3.91. The van der Waals surface area contributed by atoms with Crippen molar-refractivity contribution in [3.63, 3.8) is 0 Å². The van der Waals surface area contributed by atoms with Crippen LogP contribution in [0.25, 0.3) is 17.2 Å². The van der Waals surface area contributed by atoms with Crippen LogP contribution in [0.4, 0.5) is 5.69 Å². The quantitative estimate of drug-likeness (QED) is 0.828. The number of nitrogens with one attached hydrogen (secondary N) is 2. The maximum atomic E-state index is 6.11. The highest BCUT2D eigenvalue weighted by Crippen LogP contribution is 2.23. The fourth-order valence-electron chi connectivity index (χ4n) is 2.68. The van der Waals surface area contributed by atoms with Crippen LogP contribution in [0, 0.1) is 0 Å². The lowest BCUT2D eigenvalue weighted by molar-refractivity contribution is 0.472. The first-order chi connectivity index (χ1) is 10.3. The van der Waals surface area contributed by atoms with Crippen LogP contribution in [-0.2, 0) is 0 Å². The molecule has 2 heterocycles. The van der Waals surface area contributed by atoms with Gasteiger partial charge in [0, 0.05) is 24.2 Å². The van der Waals surface area contributed by atoms with Gasteiger partial charge >= 0.3 is 5.36 Å². The topological polar surface area (TPSA) is 38.2 Å². The van der Waals surface area contributed by atoms with Gasteiger partial charge in [-0.2, -0.15) is 0 Å². The fraction of sp³-hybridized carbons (Fsp3) is 0.176. The SMILES string of the molecule is Clc1cccc(-c2cc(NC3CNC3)c3c(c2)=CC=[N+]=3)c1. The molecule has 0 saturated carbocycles. The summed E-state index contributed by atoms with van der Waals surface area (Å²) in [5, 5.41) is 9.80. The highest BCUT2D eigenvalue weighted by Gasteiger charge is 2.20. The van der Waals surface area contributed by atoms with E-state index in [0.717, 1.165) is 45.5 Å². The minimum atomic E-state index is 0.486. The molecule has 104 valence electrons. The molecule has 4 rings (SSSR count). The van der Waals surface area contributed by atoms with Crippen molar-refractivity contribution >= 4 is 29.6 Å². The Bertz CT molecular complexity index is 862. The zero-order valence-corrected chi connectivity index (χ0v) is 12.2. The first-order valence-corrected chi connectivity index (χ1v) is 7.46. The van der Waals surface area contributed by atoms with Crippen LogP contribution in [0.5, 0.6) is 0 Å². The molecule has 0 atom stereocenters. The van der Waals surface area contributed by atoms with Crippen LogP contribution in [0.2, 0.25) is 5.02 Å². The molecule has 21 heavy (non-hydrogen) atoms. The molecule has 4 heteroatoms. The minimum Gasteiger partial charge on any atom is -0.373 e. The van der Waals surface area contributed by atoms with Gasteiger partial charge in [-0.15, -0.1) is 0 Å². The predicted octanol–water partition coefficient (Wildman–Crippen LogP) is 0.942. The summed E-state index contributed by atoms with van der Waals surface area (Å²) < 4.78 is 4.47. The van der Waals surface area contributed by atoms with E-state index in [9.17, 15) is 0 Å². The average Bonchev–Trinajstić information content (AvgIpc) is 2.91. The number of halogens is 1. The van der Waals surface area contributed by atoms with Gasteiger partial charge in [0.1, 0.15) is 5.69 Å². The van der Waals surface area contributed by atoms with E-state index in [4.69, 9.17) is 11.6 Å². The molecule has 0 aromatic heterocycles. The van der Waals surface area contributed by atoms with Crippen molar-refractivity contribution in [1.29, 1.82) is 0 Å². The molecular formula is C17H15ClN3+. The van der Waals surface area contributed by atoms with Crippen molar-refractivity contribution in [3.8, 4) is 11.1 Å². The normalized spacial score (nSPS) is 15.9. The fourth-order valence-corrected chi connectivity index (χ4v) is 2.87. The van der Waals surface area contributed by atoms with Crippen molar-refractivity contribution in [2.24, 2.45) is 0 Å². The number of fused-ring (bicyclic) bond motifs is 1. The Balaban J connectivity index is 1.83. The van der Waals surface area contributed by atoms with Gasteiger partial charge in [0.05, 0.1) is 11.3 Å². The van der Waals surface area contributed by atoms with Gasteiger partial charge in [0.2, 0.25) is 0 Å². The first kappa shape index (κ1) is 12.7. The molecule has 0 spiro atoms. The minimum absolute atomic E-state index is 0.486. The predicted molar refractivity (Wildman–Crippen MR) is 88.2 cm³/mol. The van der Waals surface area contributed by atoms with Crippen LogP contribution in [0.3, 0.4) is 0 Å². The van der Waals surface area contributed by atoms with Gasteiger partial charge in [0.25, 0.3) is 6.21 Å². The third-order valence-electron chi connectivity index (χ3n) is 3.90. The summed E-state index contributed by atoms with van der Waals surface area (Å²) in [5.41, 5.74) is 3.38. The van der Waals surface area contributed by atoms with Gasteiger partial charge in [-0.1, -0.05) is 28.4 Å². The van der Waals surface area contributed by atoms with Gasteiger partial charge in [0.15, 0.2) is 0 Å². The summed E-state index contributed by atoms with van der Waals surface area (Å²) in [5.74, 6) is 0. The highest BCUT2D eigenvalue weighted by molar-refractivity contribution is 6.30. The van der Waals surface area contributed by atoms with E-state index in [-0.39, 0.29) is 0 Å². The lowest BCUT2D eigenvalue weighted by Crippen LogP contribution is -2.52. The zero-order valence-electron chi connectivity index (χ0n) is 11.4. The van der Waals surface area contributed by atoms with E-state index in [0.29, 0.717) is 6.04 Å². The van der Waals surface area contributed by atoms with Crippen LogP contribution < -0.4 is 25.9 Å². The van der Waals surface area contributed by atoms with Gasteiger partial charge in [-0.05, 0) is 35.4 Å². The van der Waals surface area contributed by atoms with Crippen molar-refractivity contribution in [2.75, 3.05) is 18.4 Å². The van der Waals surface area contributed by atoms with Crippen LogP contribution in [-0.4, -0.2) is 25.3 Å². The molecule has 0 bridgehead atoms. The Kier molecular flexibility index (Phi) is 3.04. The number of anilines is 1. The standard InChI is InChI=1S/C17H14ClN3/c18-14-3-1-2-11(7-14)13-6-12-4-5-20-17(12)16(8-13)21-15-9-19-10-15/h1-8,15,19H,9-10H2/p+1. The Morgan fingerprint density at radius 2 is 2.05 bits per heavy atom. The second kappa shape index (κ2) is 5.05. The van der Waals surface area contributed by atoms with E-state index in [1.165, 1.54) is 0 Å². The molecule has 2 aromatic rings. The Hall–Kier alpha value is -2.06. The number of nitrogens with zero attached hydrogens (tertiary/aromatic N) is 1. The van der Waals surface area contributed by atoms with Crippen LogP contribution in [0.15, 0.2) is 36.4 Å². The molecule has 2 aliphatic rings. The van der Waals surface area contributed by atoms with Gasteiger partial charge in [-0.25, -0.2) is 0 Å². The smallest absolute Gasteiger partial charge is 0.357 e. The van der Waals surface area contributed by atoms with E-state index >= 15 is 0 Å². The summed E-state index contributed by atoms with van der Waals surface area (Å²) in [6, 6.07) is 12.8. The molecule has 3 nitrogen and oxygen atoms in total. The van der Waals surface area contributed by atoms with E-state index in [1.54, 1.807) is 0 Å². The number of hydrogen-bond acceptors (Lipinski definition) is 2. The number of benzene rings is 2. The molecule has 0 radical (unpaired) electrons. The van der Waals surface area contributed by atoms with E-state index < -0.39 is 0 Å². The number of rotatable bonds is 3.